The molecular formula is C8H9N3S. The van der Waals surface area contributed by atoms with Crippen LogP contribution in [0.3, 0.4) is 0 Å². The van der Waals surface area contributed by atoms with E-state index in [9.17, 15) is 0 Å². The molecule has 3 nitrogen and oxygen atoms in total. The molecule has 0 saturated carbocycles. The molecule has 2 heterocycles. The van der Waals surface area contributed by atoms with Crippen molar-refractivity contribution < 1.29 is 0 Å². The van der Waals surface area contributed by atoms with Crippen LogP contribution in [0.25, 0.3) is 0 Å². The molecule has 0 aromatic carbocycles. The van der Waals surface area contributed by atoms with Crippen LogP contribution in [0.5, 0.6) is 0 Å². The second-order valence-corrected chi connectivity index (χ2v) is 3.43. The summed E-state index contributed by atoms with van der Waals surface area (Å²) in [6.45, 7) is 1.91. The van der Waals surface area contributed by atoms with E-state index in [4.69, 9.17) is 0 Å². The van der Waals surface area contributed by atoms with Crippen molar-refractivity contribution in [3.8, 4) is 0 Å². The third kappa shape index (κ3) is 1.53. The predicted molar refractivity (Wildman–Crippen MR) is 48.2 cm³/mol. The molecule has 0 spiro atoms. The highest BCUT2D eigenvalue weighted by atomic mass is 32.1. The van der Waals surface area contributed by atoms with Crippen LogP contribution in [0.2, 0.25) is 0 Å². The largest absolute Gasteiger partial charge is 0.263 e. The summed E-state index contributed by atoms with van der Waals surface area (Å²) in [5, 5.41) is 11.1. The van der Waals surface area contributed by atoms with E-state index < -0.39 is 0 Å². The minimum Gasteiger partial charge on any atom is -0.263 e. The highest BCUT2D eigenvalue weighted by molar-refractivity contribution is 7.07. The number of rotatable bonds is 2. The van der Waals surface area contributed by atoms with Crippen LogP contribution in [0, 0.1) is 6.92 Å². The number of hydrogen-bond donors (Lipinski definition) is 1. The molecule has 0 amide bonds. The van der Waals surface area contributed by atoms with Crippen molar-refractivity contribution in [1.29, 1.82) is 0 Å². The lowest BCUT2D eigenvalue weighted by Gasteiger charge is -1.88. The van der Waals surface area contributed by atoms with Gasteiger partial charge in [0.15, 0.2) is 5.82 Å². The van der Waals surface area contributed by atoms with E-state index >= 15 is 0 Å². The minimum absolute atomic E-state index is 0.827. The topological polar surface area (TPSA) is 41.6 Å². The Hall–Kier alpha value is -1.16. The number of aromatic nitrogens is 3. The number of aromatic amines is 1. The average molecular weight is 179 g/mol. The standard InChI is InChI=1S/C8H9N3S/c1-6-9-8(11-10-6)4-7-2-3-12-5-7/h2-3,5H,4H2,1H3,(H,9,10,11). The maximum Gasteiger partial charge on any atom is 0.155 e. The molecular weight excluding hydrogens is 170 g/mol. The van der Waals surface area contributed by atoms with E-state index in [0.29, 0.717) is 0 Å². The summed E-state index contributed by atoms with van der Waals surface area (Å²) >= 11 is 1.70. The zero-order chi connectivity index (χ0) is 8.39. The maximum atomic E-state index is 4.22. The Morgan fingerprint density at radius 1 is 1.58 bits per heavy atom. The molecule has 1 N–H and O–H groups in total. The summed E-state index contributed by atoms with van der Waals surface area (Å²) in [5.41, 5.74) is 1.28. The van der Waals surface area contributed by atoms with E-state index in [1.807, 2.05) is 6.92 Å². The predicted octanol–water partition coefficient (Wildman–Crippen LogP) is 1.77. The number of H-pyrrole nitrogens is 1. The van der Waals surface area contributed by atoms with Crippen LogP contribution < -0.4 is 0 Å². The quantitative estimate of drug-likeness (QED) is 0.763. The molecule has 0 aliphatic rings. The summed E-state index contributed by atoms with van der Waals surface area (Å²) in [5.74, 6) is 1.74. The van der Waals surface area contributed by atoms with Crippen molar-refractivity contribution in [1.82, 2.24) is 15.2 Å². The zero-order valence-corrected chi connectivity index (χ0v) is 7.56. The summed E-state index contributed by atoms with van der Waals surface area (Å²) in [7, 11) is 0. The van der Waals surface area contributed by atoms with E-state index in [0.717, 1.165) is 18.1 Å². The number of nitrogens with zero attached hydrogens (tertiary/aromatic N) is 2. The fourth-order valence-electron chi connectivity index (χ4n) is 1.04. The van der Waals surface area contributed by atoms with Crippen LogP contribution in [0.4, 0.5) is 0 Å². The Balaban J connectivity index is 2.14. The fourth-order valence-corrected chi connectivity index (χ4v) is 1.71. The molecule has 0 unspecified atom stereocenters. The molecule has 0 aliphatic heterocycles. The average Bonchev–Trinajstić information content (AvgIpc) is 2.63. The molecule has 12 heavy (non-hydrogen) atoms. The summed E-state index contributed by atoms with van der Waals surface area (Å²) in [6, 6.07) is 2.09. The van der Waals surface area contributed by atoms with Gasteiger partial charge in [-0.1, -0.05) is 0 Å². The Bertz CT molecular complexity index is 350. The van der Waals surface area contributed by atoms with Gasteiger partial charge < -0.3 is 0 Å². The smallest absolute Gasteiger partial charge is 0.155 e. The molecule has 0 radical (unpaired) electrons. The maximum absolute atomic E-state index is 4.22. The van der Waals surface area contributed by atoms with Crippen molar-refractivity contribution in [2.75, 3.05) is 0 Å². The van der Waals surface area contributed by atoms with Crippen LogP contribution in [0.15, 0.2) is 16.8 Å². The SMILES string of the molecule is Cc1nc(Cc2ccsc2)n[nH]1. The fraction of sp³-hybridized carbons (Fsp3) is 0.250. The second kappa shape index (κ2) is 3.06. The summed E-state index contributed by atoms with van der Waals surface area (Å²) in [4.78, 5) is 4.22. The monoisotopic (exact) mass is 179 g/mol. The lowest BCUT2D eigenvalue weighted by Crippen LogP contribution is -1.87. The van der Waals surface area contributed by atoms with Crippen LogP contribution in [-0.2, 0) is 6.42 Å². The van der Waals surface area contributed by atoms with Gasteiger partial charge >= 0.3 is 0 Å². The number of thiophene rings is 1. The first-order chi connectivity index (χ1) is 5.84. The molecule has 62 valence electrons. The molecule has 4 heteroatoms. The third-order valence-electron chi connectivity index (χ3n) is 1.59. The van der Waals surface area contributed by atoms with Gasteiger partial charge in [-0.3, -0.25) is 5.10 Å². The highest BCUT2D eigenvalue weighted by Crippen LogP contribution is 2.09. The molecule has 0 fully saturated rings. The first kappa shape index (κ1) is 7.49. The van der Waals surface area contributed by atoms with Crippen LogP contribution in [-0.4, -0.2) is 15.2 Å². The molecule has 2 aromatic heterocycles. The van der Waals surface area contributed by atoms with Gasteiger partial charge in [-0.25, -0.2) is 4.98 Å². The number of aryl methyl sites for hydroxylation is 1. The van der Waals surface area contributed by atoms with Crippen molar-refractivity contribution in [2.45, 2.75) is 13.3 Å². The lowest BCUT2D eigenvalue weighted by atomic mass is 10.2. The Kier molecular flexibility index (Phi) is 1.91. The lowest BCUT2D eigenvalue weighted by molar-refractivity contribution is 0.972. The second-order valence-electron chi connectivity index (χ2n) is 2.65. The first-order valence-corrected chi connectivity index (χ1v) is 4.68. The zero-order valence-electron chi connectivity index (χ0n) is 6.74. The highest BCUT2D eigenvalue weighted by Gasteiger charge is 2.00. The first-order valence-electron chi connectivity index (χ1n) is 3.73. The van der Waals surface area contributed by atoms with E-state index in [1.165, 1.54) is 5.56 Å². The van der Waals surface area contributed by atoms with E-state index in [2.05, 4.69) is 32.0 Å². The van der Waals surface area contributed by atoms with Gasteiger partial charge in [0.25, 0.3) is 0 Å². The van der Waals surface area contributed by atoms with Crippen molar-refractivity contribution in [2.24, 2.45) is 0 Å². The van der Waals surface area contributed by atoms with E-state index in [1.54, 1.807) is 11.3 Å². The van der Waals surface area contributed by atoms with Gasteiger partial charge in [0.05, 0.1) is 0 Å². The van der Waals surface area contributed by atoms with E-state index in [-0.39, 0.29) is 0 Å². The molecule has 0 saturated heterocycles. The third-order valence-corrected chi connectivity index (χ3v) is 2.32. The van der Waals surface area contributed by atoms with Crippen LogP contribution in [0.1, 0.15) is 17.2 Å². The molecule has 0 atom stereocenters. The Morgan fingerprint density at radius 3 is 3.08 bits per heavy atom. The van der Waals surface area contributed by atoms with Gasteiger partial charge in [-0.05, 0) is 29.3 Å². The normalized spacial score (nSPS) is 10.4. The molecule has 2 aromatic rings. The van der Waals surface area contributed by atoms with Gasteiger partial charge in [-0.15, -0.1) is 0 Å². The van der Waals surface area contributed by atoms with Gasteiger partial charge in [0.1, 0.15) is 5.82 Å². The molecule has 2 rings (SSSR count). The number of nitrogens with one attached hydrogen (secondary N) is 1. The van der Waals surface area contributed by atoms with Gasteiger partial charge in [-0.2, -0.15) is 16.4 Å². The Labute approximate surface area is 74.5 Å². The number of hydrogen-bond acceptors (Lipinski definition) is 3. The van der Waals surface area contributed by atoms with Gasteiger partial charge in [0, 0.05) is 6.42 Å². The summed E-state index contributed by atoms with van der Waals surface area (Å²) in [6.07, 6.45) is 0.827. The summed E-state index contributed by atoms with van der Waals surface area (Å²) < 4.78 is 0. The van der Waals surface area contributed by atoms with Crippen LogP contribution >= 0.6 is 11.3 Å². The van der Waals surface area contributed by atoms with Crippen molar-refractivity contribution in [3.05, 3.63) is 34.0 Å². The molecule has 0 bridgehead atoms. The van der Waals surface area contributed by atoms with Crippen molar-refractivity contribution in [3.63, 3.8) is 0 Å². The van der Waals surface area contributed by atoms with Crippen molar-refractivity contribution >= 4 is 11.3 Å². The molecule has 0 aliphatic carbocycles. The van der Waals surface area contributed by atoms with Gasteiger partial charge in [0.2, 0.25) is 0 Å². The minimum atomic E-state index is 0.827. The Morgan fingerprint density at radius 2 is 2.50 bits per heavy atom.